The summed E-state index contributed by atoms with van der Waals surface area (Å²) in [5.74, 6) is 1.21. The molecule has 1 aliphatic rings. The Morgan fingerprint density at radius 3 is 2.71 bits per heavy atom. The number of amidine groups is 1. The molecule has 0 unspecified atom stereocenters. The molecule has 0 atom stereocenters. The zero-order valence-corrected chi connectivity index (χ0v) is 17.5. The summed E-state index contributed by atoms with van der Waals surface area (Å²) >= 11 is 7.43. The van der Waals surface area contributed by atoms with Gasteiger partial charge in [0, 0.05) is 16.7 Å². The molecule has 1 fully saturated rings. The van der Waals surface area contributed by atoms with Crippen LogP contribution in [0.25, 0.3) is 6.08 Å². The van der Waals surface area contributed by atoms with Crippen LogP contribution < -0.4 is 14.8 Å². The molecule has 0 aromatic heterocycles. The predicted octanol–water partition coefficient (Wildman–Crippen LogP) is 5.34. The van der Waals surface area contributed by atoms with Crippen molar-refractivity contribution in [2.45, 2.75) is 20.8 Å². The molecule has 2 aromatic rings. The smallest absolute Gasteiger partial charge is 0.264 e. The first-order valence-electron chi connectivity index (χ1n) is 8.96. The number of rotatable bonds is 6. The summed E-state index contributed by atoms with van der Waals surface area (Å²) in [7, 11) is 0. The fourth-order valence-electron chi connectivity index (χ4n) is 2.62. The standard InChI is InChI=1S/C21H21ClN2O3S/c1-4-26-15-10-9-14(18(12-15)27-5-2)11-19-20(25)24-21(28-19)23-17-8-6-7-16(22)13(17)3/h6-12H,4-5H2,1-3H3,(H,23,24,25)/b19-11+. The maximum atomic E-state index is 12.4. The third-order valence-electron chi connectivity index (χ3n) is 3.99. The van der Waals surface area contributed by atoms with Crippen molar-refractivity contribution in [2.24, 2.45) is 4.99 Å². The number of aliphatic imine (C=N–C) groups is 1. The molecule has 3 rings (SSSR count). The van der Waals surface area contributed by atoms with E-state index in [0.29, 0.717) is 34.1 Å². The van der Waals surface area contributed by atoms with E-state index in [1.807, 2.05) is 57.2 Å². The quantitative estimate of drug-likeness (QED) is 0.646. The van der Waals surface area contributed by atoms with E-state index in [1.165, 1.54) is 11.8 Å². The van der Waals surface area contributed by atoms with Crippen molar-refractivity contribution >= 4 is 46.2 Å². The Bertz CT molecular complexity index is 957. The molecule has 1 N–H and O–H groups in total. The number of carbonyl (C=O) groups excluding carboxylic acids is 1. The van der Waals surface area contributed by atoms with Gasteiger partial charge in [-0.15, -0.1) is 0 Å². The second-order valence-electron chi connectivity index (χ2n) is 5.93. The molecule has 0 bridgehead atoms. The van der Waals surface area contributed by atoms with Crippen LogP contribution in [0.1, 0.15) is 25.0 Å². The second kappa shape index (κ2) is 9.17. The highest BCUT2D eigenvalue weighted by Gasteiger charge is 2.24. The van der Waals surface area contributed by atoms with Crippen LogP contribution >= 0.6 is 23.4 Å². The first kappa shape index (κ1) is 20.3. The van der Waals surface area contributed by atoms with E-state index in [4.69, 9.17) is 21.1 Å². The van der Waals surface area contributed by atoms with Crippen LogP contribution in [0, 0.1) is 6.92 Å². The average molecular weight is 417 g/mol. The van der Waals surface area contributed by atoms with Gasteiger partial charge in [0.2, 0.25) is 0 Å². The summed E-state index contributed by atoms with van der Waals surface area (Å²) in [4.78, 5) is 17.5. The highest BCUT2D eigenvalue weighted by Crippen LogP contribution is 2.33. The van der Waals surface area contributed by atoms with E-state index in [0.717, 1.165) is 22.6 Å². The molecule has 0 radical (unpaired) electrons. The normalized spacial score (nSPS) is 16.5. The Kier molecular flexibility index (Phi) is 6.65. The van der Waals surface area contributed by atoms with Gasteiger partial charge in [-0.25, -0.2) is 4.99 Å². The average Bonchev–Trinajstić information content (AvgIpc) is 3.01. The number of benzene rings is 2. The minimum atomic E-state index is -0.195. The second-order valence-corrected chi connectivity index (χ2v) is 7.37. The highest BCUT2D eigenvalue weighted by molar-refractivity contribution is 8.18. The van der Waals surface area contributed by atoms with Gasteiger partial charge in [-0.2, -0.15) is 0 Å². The van der Waals surface area contributed by atoms with Crippen molar-refractivity contribution in [2.75, 3.05) is 13.2 Å². The van der Waals surface area contributed by atoms with Crippen LogP contribution in [0.2, 0.25) is 5.02 Å². The lowest BCUT2D eigenvalue weighted by Crippen LogP contribution is -2.19. The van der Waals surface area contributed by atoms with Gasteiger partial charge >= 0.3 is 0 Å². The van der Waals surface area contributed by atoms with E-state index >= 15 is 0 Å². The minimum absolute atomic E-state index is 0.195. The Hall–Kier alpha value is -2.44. The molecule has 2 aromatic carbocycles. The summed E-state index contributed by atoms with van der Waals surface area (Å²) in [5, 5.41) is 3.96. The minimum Gasteiger partial charge on any atom is -0.494 e. The van der Waals surface area contributed by atoms with Gasteiger partial charge < -0.3 is 14.8 Å². The highest BCUT2D eigenvalue weighted by atomic mass is 35.5. The number of halogens is 1. The fraction of sp³-hybridized carbons (Fsp3) is 0.238. The van der Waals surface area contributed by atoms with Crippen molar-refractivity contribution in [3.8, 4) is 11.5 Å². The summed E-state index contributed by atoms with van der Waals surface area (Å²) < 4.78 is 11.2. The molecule has 0 aliphatic carbocycles. The van der Waals surface area contributed by atoms with Crippen LogP contribution in [0.15, 0.2) is 46.3 Å². The lowest BCUT2D eigenvalue weighted by molar-refractivity contribution is -0.115. The largest absolute Gasteiger partial charge is 0.494 e. The number of nitrogens with one attached hydrogen (secondary N) is 1. The number of hydrogen-bond donors (Lipinski definition) is 1. The first-order chi connectivity index (χ1) is 13.5. The molecular weight excluding hydrogens is 396 g/mol. The predicted molar refractivity (Wildman–Crippen MR) is 116 cm³/mol. The van der Waals surface area contributed by atoms with Gasteiger partial charge in [-0.1, -0.05) is 17.7 Å². The van der Waals surface area contributed by atoms with Gasteiger partial charge in [0.15, 0.2) is 5.17 Å². The van der Waals surface area contributed by atoms with Crippen molar-refractivity contribution in [1.29, 1.82) is 0 Å². The Labute approximate surface area is 173 Å². The van der Waals surface area contributed by atoms with Gasteiger partial charge in [-0.3, -0.25) is 4.79 Å². The van der Waals surface area contributed by atoms with Crippen molar-refractivity contribution < 1.29 is 14.3 Å². The van der Waals surface area contributed by atoms with E-state index in [9.17, 15) is 4.79 Å². The number of carbonyl (C=O) groups is 1. The zero-order chi connectivity index (χ0) is 20.1. The summed E-state index contributed by atoms with van der Waals surface area (Å²) in [5.41, 5.74) is 2.41. The molecule has 1 heterocycles. The Morgan fingerprint density at radius 2 is 1.96 bits per heavy atom. The van der Waals surface area contributed by atoms with E-state index in [1.54, 1.807) is 6.08 Å². The van der Waals surface area contributed by atoms with Crippen molar-refractivity contribution in [3.63, 3.8) is 0 Å². The Morgan fingerprint density at radius 1 is 1.18 bits per heavy atom. The molecule has 7 heteroatoms. The molecule has 146 valence electrons. The number of hydrogen-bond acceptors (Lipinski definition) is 5. The van der Waals surface area contributed by atoms with Crippen LogP contribution in [0.4, 0.5) is 5.69 Å². The van der Waals surface area contributed by atoms with Crippen molar-refractivity contribution in [3.05, 3.63) is 57.5 Å². The SMILES string of the molecule is CCOc1ccc(/C=C2/SC(=Nc3cccc(Cl)c3C)NC2=O)c(OCC)c1. The third-order valence-corrected chi connectivity index (χ3v) is 5.31. The van der Waals surface area contributed by atoms with Crippen molar-refractivity contribution in [1.82, 2.24) is 5.32 Å². The van der Waals surface area contributed by atoms with E-state index in [2.05, 4.69) is 10.3 Å². The maximum Gasteiger partial charge on any atom is 0.264 e. The summed E-state index contributed by atoms with van der Waals surface area (Å²) in [6.07, 6.45) is 1.80. The molecule has 1 aliphatic heterocycles. The van der Waals surface area contributed by atoms with Crippen LogP contribution in [0.3, 0.4) is 0 Å². The molecule has 0 spiro atoms. The molecule has 28 heavy (non-hydrogen) atoms. The van der Waals surface area contributed by atoms with E-state index < -0.39 is 0 Å². The number of ether oxygens (including phenoxy) is 2. The summed E-state index contributed by atoms with van der Waals surface area (Å²) in [6.45, 7) is 6.84. The molecular formula is C21H21ClN2O3S. The zero-order valence-electron chi connectivity index (χ0n) is 15.9. The van der Waals surface area contributed by atoms with Gasteiger partial charge in [0.25, 0.3) is 5.91 Å². The van der Waals surface area contributed by atoms with Gasteiger partial charge in [0.1, 0.15) is 11.5 Å². The number of amides is 1. The molecule has 1 saturated heterocycles. The number of nitrogens with zero attached hydrogens (tertiary/aromatic N) is 1. The first-order valence-corrected chi connectivity index (χ1v) is 10.2. The lowest BCUT2D eigenvalue weighted by Gasteiger charge is -2.10. The molecule has 5 nitrogen and oxygen atoms in total. The van der Waals surface area contributed by atoms with Crippen LogP contribution in [-0.2, 0) is 4.79 Å². The Balaban J connectivity index is 1.88. The summed E-state index contributed by atoms with van der Waals surface area (Å²) in [6, 6.07) is 11.1. The van der Waals surface area contributed by atoms with Crippen LogP contribution in [-0.4, -0.2) is 24.3 Å². The fourth-order valence-corrected chi connectivity index (χ4v) is 3.61. The lowest BCUT2D eigenvalue weighted by atomic mass is 10.1. The topological polar surface area (TPSA) is 59.9 Å². The van der Waals surface area contributed by atoms with E-state index in [-0.39, 0.29) is 5.91 Å². The maximum absolute atomic E-state index is 12.4. The van der Waals surface area contributed by atoms with Gasteiger partial charge in [0.05, 0.1) is 23.8 Å². The van der Waals surface area contributed by atoms with Gasteiger partial charge in [-0.05, 0) is 68.4 Å². The third kappa shape index (κ3) is 4.69. The molecule has 1 amide bonds. The van der Waals surface area contributed by atoms with Crippen LogP contribution in [0.5, 0.6) is 11.5 Å². The molecule has 0 saturated carbocycles. The monoisotopic (exact) mass is 416 g/mol. The number of thioether (sulfide) groups is 1.